The van der Waals surface area contributed by atoms with Crippen LogP contribution >= 0.6 is 11.8 Å². The molecule has 3 amide bonds. The zero-order valence-corrected chi connectivity index (χ0v) is 14.3. The number of aromatic nitrogens is 2. The lowest BCUT2D eigenvalue weighted by Crippen LogP contribution is -2.42. The number of ether oxygens (including phenoxy) is 1. The average Bonchev–Trinajstić information content (AvgIpc) is 3.03. The first-order valence-electron chi connectivity index (χ1n) is 7.26. The SMILES string of the molecule is CCNC(=O)NC(=O)C(C)Sc1nnc(-c2ccc(OC)cc2)o1. The van der Waals surface area contributed by atoms with Gasteiger partial charge in [0.15, 0.2) is 0 Å². The van der Waals surface area contributed by atoms with Crippen LogP contribution < -0.4 is 15.4 Å². The van der Waals surface area contributed by atoms with E-state index in [4.69, 9.17) is 9.15 Å². The van der Waals surface area contributed by atoms with Gasteiger partial charge in [-0.1, -0.05) is 11.8 Å². The van der Waals surface area contributed by atoms with Gasteiger partial charge < -0.3 is 14.5 Å². The minimum Gasteiger partial charge on any atom is -0.497 e. The van der Waals surface area contributed by atoms with Gasteiger partial charge in [-0.05, 0) is 38.1 Å². The molecule has 1 aromatic heterocycles. The third-order valence-electron chi connectivity index (χ3n) is 2.96. The highest BCUT2D eigenvalue weighted by molar-refractivity contribution is 8.00. The number of carbonyl (C=O) groups excluding carboxylic acids is 2. The summed E-state index contributed by atoms with van der Waals surface area (Å²) < 4.78 is 10.6. The summed E-state index contributed by atoms with van der Waals surface area (Å²) in [5.41, 5.74) is 0.745. The molecule has 9 heteroatoms. The predicted octanol–water partition coefficient (Wildman–Crippen LogP) is 2.07. The highest BCUT2D eigenvalue weighted by Crippen LogP contribution is 2.27. The summed E-state index contributed by atoms with van der Waals surface area (Å²) >= 11 is 1.08. The van der Waals surface area contributed by atoms with E-state index in [1.807, 2.05) is 0 Å². The van der Waals surface area contributed by atoms with E-state index >= 15 is 0 Å². The zero-order chi connectivity index (χ0) is 17.5. The van der Waals surface area contributed by atoms with Gasteiger partial charge in [0.05, 0.1) is 12.4 Å². The molecule has 0 bridgehead atoms. The molecule has 1 aromatic carbocycles. The van der Waals surface area contributed by atoms with Crippen molar-refractivity contribution in [1.29, 1.82) is 0 Å². The second-order valence-corrected chi connectivity index (χ2v) is 6.00. The first kappa shape index (κ1) is 17.8. The van der Waals surface area contributed by atoms with E-state index in [9.17, 15) is 9.59 Å². The van der Waals surface area contributed by atoms with Crippen molar-refractivity contribution < 1.29 is 18.7 Å². The molecule has 0 radical (unpaired) electrons. The van der Waals surface area contributed by atoms with Crippen LogP contribution in [0.1, 0.15) is 13.8 Å². The van der Waals surface area contributed by atoms with E-state index in [0.29, 0.717) is 12.4 Å². The Bertz CT molecular complexity index is 702. The van der Waals surface area contributed by atoms with E-state index < -0.39 is 17.2 Å². The highest BCUT2D eigenvalue weighted by Gasteiger charge is 2.20. The molecule has 0 aliphatic carbocycles. The Kier molecular flexibility index (Phi) is 6.19. The van der Waals surface area contributed by atoms with Crippen LogP contribution in [0.25, 0.3) is 11.5 Å². The van der Waals surface area contributed by atoms with Crippen LogP contribution in [0.3, 0.4) is 0 Å². The van der Waals surface area contributed by atoms with Gasteiger partial charge in [-0.15, -0.1) is 10.2 Å². The van der Waals surface area contributed by atoms with Gasteiger partial charge in [-0.2, -0.15) is 0 Å². The smallest absolute Gasteiger partial charge is 0.321 e. The van der Waals surface area contributed by atoms with Crippen molar-refractivity contribution in [3.8, 4) is 17.2 Å². The Balaban J connectivity index is 1.97. The quantitative estimate of drug-likeness (QED) is 0.768. The maximum absolute atomic E-state index is 11.9. The van der Waals surface area contributed by atoms with Crippen molar-refractivity contribution in [1.82, 2.24) is 20.8 Å². The summed E-state index contributed by atoms with van der Waals surface area (Å²) in [5.74, 6) is 0.634. The number of rotatable bonds is 6. The first-order chi connectivity index (χ1) is 11.5. The van der Waals surface area contributed by atoms with E-state index in [1.54, 1.807) is 45.2 Å². The van der Waals surface area contributed by atoms with Gasteiger partial charge in [0.25, 0.3) is 5.22 Å². The molecule has 2 rings (SSSR count). The maximum Gasteiger partial charge on any atom is 0.321 e. The van der Waals surface area contributed by atoms with Crippen LogP contribution in [0.5, 0.6) is 5.75 Å². The third kappa shape index (κ3) is 4.72. The Morgan fingerprint density at radius 3 is 2.62 bits per heavy atom. The molecular formula is C15H18N4O4S. The largest absolute Gasteiger partial charge is 0.497 e. The van der Waals surface area contributed by atoms with Gasteiger partial charge in [0, 0.05) is 12.1 Å². The lowest BCUT2D eigenvalue weighted by Gasteiger charge is -2.08. The van der Waals surface area contributed by atoms with Gasteiger partial charge >= 0.3 is 6.03 Å². The molecule has 24 heavy (non-hydrogen) atoms. The summed E-state index contributed by atoms with van der Waals surface area (Å²) in [6.07, 6.45) is 0. The standard InChI is InChI=1S/C15H18N4O4S/c1-4-16-14(21)17-12(20)9(2)24-15-19-18-13(23-15)10-5-7-11(22-3)8-6-10/h5-9H,4H2,1-3H3,(H2,16,17,20,21). The molecular weight excluding hydrogens is 332 g/mol. The number of hydrogen-bond donors (Lipinski definition) is 2. The number of nitrogens with one attached hydrogen (secondary N) is 2. The number of carbonyl (C=O) groups is 2. The van der Waals surface area contributed by atoms with Crippen molar-refractivity contribution >= 4 is 23.7 Å². The lowest BCUT2D eigenvalue weighted by molar-refractivity contribution is -0.119. The van der Waals surface area contributed by atoms with Crippen molar-refractivity contribution in [3.63, 3.8) is 0 Å². The summed E-state index contributed by atoms with van der Waals surface area (Å²) in [4.78, 5) is 23.2. The third-order valence-corrected chi connectivity index (χ3v) is 3.90. The number of methoxy groups -OCH3 is 1. The van der Waals surface area contributed by atoms with Crippen LogP contribution in [0.2, 0.25) is 0 Å². The molecule has 8 nitrogen and oxygen atoms in total. The Hall–Kier alpha value is -2.55. The number of amides is 3. The molecule has 1 unspecified atom stereocenters. The molecule has 1 heterocycles. The first-order valence-corrected chi connectivity index (χ1v) is 8.14. The van der Waals surface area contributed by atoms with Crippen LogP contribution in [0.4, 0.5) is 4.79 Å². The molecule has 2 N–H and O–H groups in total. The molecule has 0 aliphatic heterocycles. The highest BCUT2D eigenvalue weighted by atomic mass is 32.2. The number of imide groups is 1. The van der Waals surface area contributed by atoms with Gasteiger partial charge in [-0.3, -0.25) is 10.1 Å². The minimum atomic E-state index is -0.559. The molecule has 0 saturated carbocycles. The minimum absolute atomic E-state index is 0.249. The number of thioether (sulfide) groups is 1. The molecule has 0 aliphatic rings. The molecule has 1 atom stereocenters. The van der Waals surface area contributed by atoms with Crippen molar-refractivity contribution in [2.24, 2.45) is 0 Å². The van der Waals surface area contributed by atoms with E-state index in [-0.39, 0.29) is 5.22 Å². The molecule has 128 valence electrons. The molecule has 0 fully saturated rings. The zero-order valence-electron chi connectivity index (χ0n) is 13.5. The van der Waals surface area contributed by atoms with E-state index in [2.05, 4.69) is 20.8 Å². The summed E-state index contributed by atoms with van der Waals surface area (Å²) in [5, 5.41) is 12.3. The fraction of sp³-hybridized carbons (Fsp3) is 0.333. The summed E-state index contributed by atoms with van der Waals surface area (Å²) in [6.45, 7) is 3.85. The number of nitrogens with zero attached hydrogens (tertiary/aromatic N) is 2. The predicted molar refractivity (Wildman–Crippen MR) is 88.8 cm³/mol. The normalized spacial score (nSPS) is 11.6. The lowest BCUT2D eigenvalue weighted by atomic mass is 10.2. The topological polar surface area (TPSA) is 106 Å². The average molecular weight is 350 g/mol. The van der Waals surface area contributed by atoms with Crippen molar-refractivity contribution in [2.75, 3.05) is 13.7 Å². The van der Waals surface area contributed by atoms with Gasteiger partial charge in [-0.25, -0.2) is 4.79 Å². The van der Waals surface area contributed by atoms with Crippen LogP contribution in [-0.2, 0) is 4.79 Å². The van der Waals surface area contributed by atoms with E-state index in [1.165, 1.54) is 0 Å². The number of urea groups is 1. The molecule has 0 saturated heterocycles. The molecule has 0 spiro atoms. The van der Waals surface area contributed by atoms with Crippen molar-refractivity contribution in [2.45, 2.75) is 24.3 Å². The monoisotopic (exact) mass is 350 g/mol. The fourth-order valence-corrected chi connectivity index (χ4v) is 2.41. The number of hydrogen-bond acceptors (Lipinski definition) is 7. The molecule has 2 aromatic rings. The van der Waals surface area contributed by atoms with Crippen LogP contribution in [0, 0.1) is 0 Å². The van der Waals surface area contributed by atoms with Crippen LogP contribution in [0.15, 0.2) is 33.9 Å². The number of benzene rings is 1. The maximum atomic E-state index is 11.9. The van der Waals surface area contributed by atoms with Gasteiger partial charge in [0.2, 0.25) is 11.8 Å². The van der Waals surface area contributed by atoms with Crippen LogP contribution in [-0.4, -0.2) is 41.0 Å². The van der Waals surface area contributed by atoms with Gasteiger partial charge in [0.1, 0.15) is 5.75 Å². The summed E-state index contributed by atoms with van der Waals surface area (Å²) in [6, 6.07) is 6.64. The Labute approximate surface area is 143 Å². The summed E-state index contributed by atoms with van der Waals surface area (Å²) in [7, 11) is 1.59. The second kappa shape index (κ2) is 8.34. The Morgan fingerprint density at radius 2 is 2.00 bits per heavy atom. The Morgan fingerprint density at radius 1 is 1.29 bits per heavy atom. The fourth-order valence-electron chi connectivity index (χ4n) is 1.73. The van der Waals surface area contributed by atoms with Crippen molar-refractivity contribution in [3.05, 3.63) is 24.3 Å². The van der Waals surface area contributed by atoms with E-state index in [0.717, 1.165) is 23.1 Å². The second-order valence-electron chi connectivity index (χ2n) is 4.71.